The van der Waals surface area contributed by atoms with Crippen molar-refractivity contribution in [3.05, 3.63) is 59.4 Å². The van der Waals surface area contributed by atoms with E-state index in [-0.39, 0.29) is 5.82 Å². The maximum atomic E-state index is 13.4. The van der Waals surface area contributed by atoms with Crippen molar-refractivity contribution in [2.45, 2.75) is 5.33 Å². The quantitative estimate of drug-likeness (QED) is 0.626. The summed E-state index contributed by atoms with van der Waals surface area (Å²) in [5, 5.41) is 0.750. The minimum Gasteiger partial charge on any atom is -0.465 e. The molecule has 0 spiro atoms. The first kappa shape index (κ1) is 13.7. The highest BCUT2D eigenvalue weighted by Gasteiger charge is 2.14. The zero-order valence-electron chi connectivity index (χ0n) is 10.3. The van der Waals surface area contributed by atoms with E-state index in [0.29, 0.717) is 11.1 Å². The van der Waals surface area contributed by atoms with E-state index in [1.165, 1.54) is 25.3 Å². The topological polar surface area (TPSA) is 26.3 Å². The number of methoxy groups -OCH3 is 1. The smallest absolute Gasteiger partial charge is 0.338 e. The molecule has 0 amide bonds. The van der Waals surface area contributed by atoms with Crippen LogP contribution in [0.5, 0.6) is 0 Å². The summed E-state index contributed by atoms with van der Waals surface area (Å²) in [4.78, 5) is 11.7. The van der Waals surface area contributed by atoms with Gasteiger partial charge in [0.15, 0.2) is 0 Å². The minimum absolute atomic E-state index is 0.357. The normalized spacial score (nSPS) is 10.3. The molecule has 2 aromatic rings. The number of hydrogen-bond donors (Lipinski definition) is 0. The fraction of sp³-hybridized carbons (Fsp3) is 0.133. The summed E-state index contributed by atoms with van der Waals surface area (Å²) >= 11 is 3.36. The van der Waals surface area contributed by atoms with Gasteiger partial charge in [0, 0.05) is 5.33 Å². The number of alkyl halides is 1. The molecule has 19 heavy (non-hydrogen) atoms. The predicted octanol–water partition coefficient (Wildman–Crippen LogP) is 4.17. The van der Waals surface area contributed by atoms with Crippen LogP contribution in [0.1, 0.15) is 15.9 Å². The Kier molecular flexibility index (Phi) is 4.32. The molecule has 0 saturated carbocycles. The maximum absolute atomic E-state index is 13.4. The SMILES string of the molecule is COC(=O)c1ccc(F)cc1-c1ccc(CBr)cc1. The van der Waals surface area contributed by atoms with E-state index in [1.807, 2.05) is 24.3 Å². The zero-order chi connectivity index (χ0) is 13.8. The average molecular weight is 323 g/mol. The highest BCUT2D eigenvalue weighted by Crippen LogP contribution is 2.26. The molecule has 0 aliphatic heterocycles. The van der Waals surface area contributed by atoms with Crippen molar-refractivity contribution in [1.29, 1.82) is 0 Å². The fourth-order valence-corrected chi connectivity index (χ4v) is 2.19. The third-order valence-corrected chi connectivity index (χ3v) is 3.45. The molecule has 0 bridgehead atoms. The number of esters is 1. The highest BCUT2D eigenvalue weighted by atomic mass is 79.9. The number of halogens is 2. The van der Waals surface area contributed by atoms with Crippen LogP contribution in [0.2, 0.25) is 0 Å². The predicted molar refractivity (Wildman–Crippen MR) is 75.8 cm³/mol. The molecule has 0 saturated heterocycles. The van der Waals surface area contributed by atoms with Gasteiger partial charge in [0.25, 0.3) is 0 Å². The van der Waals surface area contributed by atoms with Gasteiger partial charge in [-0.05, 0) is 34.9 Å². The fourth-order valence-electron chi connectivity index (χ4n) is 1.82. The molecular formula is C15H12BrFO2. The molecule has 0 fully saturated rings. The van der Waals surface area contributed by atoms with Crippen LogP contribution in [0.3, 0.4) is 0 Å². The highest BCUT2D eigenvalue weighted by molar-refractivity contribution is 9.08. The van der Waals surface area contributed by atoms with Crippen molar-refractivity contribution in [2.75, 3.05) is 7.11 Å². The van der Waals surface area contributed by atoms with Crippen molar-refractivity contribution >= 4 is 21.9 Å². The van der Waals surface area contributed by atoms with Gasteiger partial charge in [0.05, 0.1) is 12.7 Å². The van der Waals surface area contributed by atoms with Gasteiger partial charge < -0.3 is 4.74 Å². The van der Waals surface area contributed by atoms with Crippen molar-refractivity contribution in [3.8, 4) is 11.1 Å². The molecule has 0 N–H and O–H groups in total. The number of carbonyl (C=O) groups is 1. The number of benzene rings is 2. The first-order chi connectivity index (χ1) is 9.15. The lowest BCUT2D eigenvalue weighted by atomic mass is 9.98. The lowest BCUT2D eigenvalue weighted by Gasteiger charge is -2.09. The second-order valence-corrected chi connectivity index (χ2v) is 4.57. The van der Waals surface area contributed by atoms with Crippen LogP contribution in [-0.2, 0) is 10.1 Å². The largest absolute Gasteiger partial charge is 0.465 e. The van der Waals surface area contributed by atoms with E-state index < -0.39 is 5.97 Å². The lowest BCUT2D eigenvalue weighted by Crippen LogP contribution is -2.04. The van der Waals surface area contributed by atoms with Gasteiger partial charge in [-0.1, -0.05) is 40.2 Å². The number of rotatable bonds is 3. The molecule has 0 aromatic heterocycles. The molecule has 0 atom stereocenters. The summed E-state index contributed by atoms with van der Waals surface area (Å²) in [7, 11) is 1.31. The lowest BCUT2D eigenvalue weighted by molar-refractivity contribution is 0.0601. The van der Waals surface area contributed by atoms with E-state index in [4.69, 9.17) is 4.74 Å². The summed E-state index contributed by atoms with van der Waals surface area (Å²) in [5.74, 6) is -0.855. The standard InChI is InChI=1S/C15H12BrFO2/c1-19-15(18)13-7-6-12(17)8-14(13)11-4-2-10(9-16)3-5-11/h2-8H,9H2,1H3. The minimum atomic E-state index is -0.473. The second-order valence-electron chi connectivity index (χ2n) is 4.01. The number of carbonyl (C=O) groups excluding carboxylic acids is 1. The van der Waals surface area contributed by atoms with Gasteiger partial charge in [-0.2, -0.15) is 0 Å². The maximum Gasteiger partial charge on any atom is 0.338 e. The summed E-state index contributed by atoms with van der Waals surface area (Å²) in [5.41, 5.74) is 2.79. The second kappa shape index (κ2) is 5.97. The van der Waals surface area contributed by atoms with Gasteiger partial charge >= 0.3 is 5.97 Å². The van der Waals surface area contributed by atoms with Crippen molar-refractivity contribution in [2.24, 2.45) is 0 Å². The summed E-state index contributed by atoms with van der Waals surface area (Å²) in [6.07, 6.45) is 0. The van der Waals surface area contributed by atoms with Crippen LogP contribution >= 0.6 is 15.9 Å². The zero-order valence-corrected chi connectivity index (χ0v) is 11.9. The Morgan fingerprint density at radius 3 is 2.47 bits per heavy atom. The first-order valence-electron chi connectivity index (χ1n) is 5.69. The molecule has 2 rings (SSSR count). The molecule has 0 heterocycles. The van der Waals surface area contributed by atoms with E-state index in [0.717, 1.165) is 16.5 Å². The van der Waals surface area contributed by atoms with Crippen LogP contribution in [0.25, 0.3) is 11.1 Å². The van der Waals surface area contributed by atoms with Crippen LogP contribution in [0.4, 0.5) is 4.39 Å². The molecule has 98 valence electrons. The Labute approximate surface area is 119 Å². The molecule has 0 aliphatic carbocycles. The Bertz CT molecular complexity index is 594. The van der Waals surface area contributed by atoms with Gasteiger partial charge in [-0.3, -0.25) is 0 Å². The van der Waals surface area contributed by atoms with Crippen molar-refractivity contribution in [1.82, 2.24) is 0 Å². The third-order valence-electron chi connectivity index (χ3n) is 2.81. The summed E-state index contributed by atoms with van der Waals surface area (Å²) < 4.78 is 18.1. The monoisotopic (exact) mass is 322 g/mol. The summed E-state index contributed by atoms with van der Waals surface area (Å²) in [6.45, 7) is 0. The van der Waals surface area contributed by atoms with E-state index in [1.54, 1.807) is 0 Å². The summed E-state index contributed by atoms with van der Waals surface area (Å²) in [6, 6.07) is 11.6. The molecular weight excluding hydrogens is 311 g/mol. The van der Waals surface area contributed by atoms with Crippen LogP contribution in [-0.4, -0.2) is 13.1 Å². The Balaban J connectivity index is 2.52. The van der Waals surface area contributed by atoms with E-state index in [2.05, 4.69) is 15.9 Å². The first-order valence-corrected chi connectivity index (χ1v) is 6.81. The number of ether oxygens (including phenoxy) is 1. The Morgan fingerprint density at radius 2 is 1.89 bits per heavy atom. The van der Waals surface area contributed by atoms with Crippen molar-refractivity contribution in [3.63, 3.8) is 0 Å². The average Bonchev–Trinajstić information content (AvgIpc) is 2.46. The molecule has 4 heteroatoms. The Hall–Kier alpha value is -1.68. The Morgan fingerprint density at radius 1 is 1.21 bits per heavy atom. The number of hydrogen-bond acceptors (Lipinski definition) is 2. The molecule has 0 radical (unpaired) electrons. The molecule has 0 aliphatic rings. The molecule has 0 unspecified atom stereocenters. The van der Waals surface area contributed by atoms with Gasteiger partial charge in [-0.25, -0.2) is 9.18 Å². The van der Waals surface area contributed by atoms with Gasteiger partial charge in [-0.15, -0.1) is 0 Å². The third kappa shape index (κ3) is 3.01. The molecule has 2 nitrogen and oxygen atoms in total. The van der Waals surface area contributed by atoms with E-state index >= 15 is 0 Å². The van der Waals surface area contributed by atoms with Gasteiger partial charge in [0.2, 0.25) is 0 Å². The van der Waals surface area contributed by atoms with Crippen molar-refractivity contribution < 1.29 is 13.9 Å². The van der Waals surface area contributed by atoms with Crippen LogP contribution in [0.15, 0.2) is 42.5 Å². The van der Waals surface area contributed by atoms with Crippen LogP contribution < -0.4 is 0 Å². The van der Waals surface area contributed by atoms with E-state index in [9.17, 15) is 9.18 Å². The molecule has 2 aromatic carbocycles. The van der Waals surface area contributed by atoms with Gasteiger partial charge in [0.1, 0.15) is 5.82 Å². The van der Waals surface area contributed by atoms with Crippen LogP contribution in [0, 0.1) is 5.82 Å².